The van der Waals surface area contributed by atoms with Crippen LogP contribution in [0.5, 0.6) is 0 Å². The Morgan fingerprint density at radius 1 is 1.28 bits per heavy atom. The molecule has 2 aromatic rings. The minimum Gasteiger partial charge on any atom is -0.379 e. The molecule has 1 fully saturated rings. The molecule has 1 aromatic heterocycles. The third-order valence-electron chi connectivity index (χ3n) is 7.16. The number of likely N-dealkylation sites (tertiary alicyclic amines) is 1. The molecule has 176 valence electrons. The van der Waals surface area contributed by atoms with E-state index in [4.69, 9.17) is 4.74 Å². The molecule has 2 heterocycles. The van der Waals surface area contributed by atoms with Crippen LogP contribution in [0.25, 0.3) is 10.9 Å². The van der Waals surface area contributed by atoms with Gasteiger partial charge >= 0.3 is 0 Å². The minimum atomic E-state index is -0.725. The second-order valence-electron chi connectivity index (χ2n) is 9.03. The van der Waals surface area contributed by atoms with E-state index in [9.17, 15) is 9.59 Å². The van der Waals surface area contributed by atoms with Gasteiger partial charge in [-0.3, -0.25) is 9.59 Å². The number of methoxy groups -OCH3 is 1. The number of aromatic nitrogens is 1. The maximum atomic E-state index is 13.8. The summed E-state index contributed by atoms with van der Waals surface area (Å²) in [5, 5.41) is 7.07. The molecule has 1 aromatic carbocycles. The van der Waals surface area contributed by atoms with Crippen molar-refractivity contribution < 1.29 is 14.3 Å². The lowest BCUT2D eigenvalue weighted by atomic mass is 9.82. The van der Waals surface area contributed by atoms with E-state index in [2.05, 4.69) is 53.9 Å². The van der Waals surface area contributed by atoms with E-state index in [0.29, 0.717) is 12.5 Å². The van der Waals surface area contributed by atoms with E-state index in [0.717, 1.165) is 18.4 Å². The molecule has 7 heteroatoms. The molecule has 0 bridgehead atoms. The highest BCUT2D eigenvalue weighted by Crippen LogP contribution is 2.40. The maximum absolute atomic E-state index is 13.8. The first kappa shape index (κ1) is 24.3. The molecule has 3 N–H and O–H groups in total. The van der Waals surface area contributed by atoms with Crippen LogP contribution in [0.15, 0.2) is 30.5 Å². The Labute approximate surface area is 191 Å². The number of hydrogen-bond donors (Lipinski definition) is 3. The van der Waals surface area contributed by atoms with Crippen molar-refractivity contribution in [2.75, 3.05) is 20.7 Å². The van der Waals surface area contributed by atoms with Crippen molar-refractivity contribution in [1.29, 1.82) is 0 Å². The van der Waals surface area contributed by atoms with Gasteiger partial charge in [0.05, 0.1) is 12.1 Å². The summed E-state index contributed by atoms with van der Waals surface area (Å²) in [5.74, 6) is 0.298. The van der Waals surface area contributed by atoms with Crippen LogP contribution in [-0.4, -0.2) is 66.6 Å². The van der Waals surface area contributed by atoms with E-state index in [1.165, 1.54) is 10.9 Å². The average molecular weight is 443 g/mol. The van der Waals surface area contributed by atoms with E-state index in [1.807, 2.05) is 17.9 Å². The van der Waals surface area contributed by atoms with E-state index in [-0.39, 0.29) is 23.8 Å². The summed E-state index contributed by atoms with van der Waals surface area (Å²) in [6.07, 6.45) is 3.54. The van der Waals surface area contributed by atoms with Gasteiger partial charge in [-0.1, -0.05) is 32.0 Å². The number of nitrogens with one attached hydrogen (secondary N) is 3. The molecular weight excluding hydrogens is 404 g/mol. The number of hydrogen-bond acceptors (Lipinski definition) is 4. The van der Waals surface area contributed by atoms with Crippen LogP contribution in [-0.2, 0) is 14.3 Å². The highest BCUT2D eigenvalue weighted by atomic mass is 16.5. The number of nitrogens with zero attached hydrogens (tertiary/aromatic N) is 1. The maximum Gasteiger partial charge on any atom is 0.248 e. The lowest BCUT2D eigenvalue weighted by molar-refractivity contribution is -0.141. The normalized spacial score (nSPS) is 22.5. The number of carbonyl (C=O) groups excluding carboxylic acids is 2. The first-order valence-corrected chi connectivity index (χ1v) is 11.7. The number of ether oxygens (including phenoxy) is 1. The van der Waals surface area contributed by atoms with Crippen molar-refractivity contribution in [3.05, 3.63) is 36.0 Å². The topological polar surface area (TPSA) is 86.5 Å². The molecular formula is C25H38N4O3. The van der Waals surface area contributed by atoms with Gasteiger partial charge in [-0.05, 0) is 51.3 Å². The molecule has 1 aliphatic rings. The zero-order valence-electron chi connectivity index (χ0n) is 20.1. The minimum absolute atomic E-state index is 0.0661. The molecule has 1 aliphatic heterocycles. The van der Waals surface area contributed by atoms with Crippen LogP contribution < -0.4 is 10.6 Å². The fourth-order valence-corrected chi connectivity index (χ4v) is 4.99. The molecule has 1 saturated heterocycles. The molecule has 0 saturated carbocycles. The van der Waals surface area contributed by atoms with Gasteiger partial charge in [0, 0.05) is 42.7 Å². The van der Waals surface area contributed by atoms with Crippen LogP contribution in [0.3, 0.4) is 0 Å². The fourth-order valence-electron chi connectivity index (χ4n) is 4.99. The number of para-hydroxylation sites is 1. The zero-order chi connectivity index (χ0) is 23.4. The smallest absolute Gasteiger partial charge is 0.248 e. The Bertz CT molecular complexity index is 927. The molecule has 6 atom stereocenters. The van der Waals surface area contributed by atoms with Gasteiger partial charge in [0.25, 0.3) is 0 Å². The zero-order valence-corrected chi connectivity index (χ0v) is 20.1. The quantitative estimate of drug-likeness (QED) is 0.557. The third kappa shape index (κ3) is 4.69. The molecule has 0 radical (unpaired) electrons. The van der Waals surface area contributed by atoms with Crippen LogP contribution in [0.4, 0.5) is 0 Å². The largest absolute Gasteiger partial charge is 0.379 e. The van der Waals surface area contributed by atoms with Crippen LogP contribution in [0, 0.1) is 5.92 Å². The number of likely N-dealkylation sites (N-methyl/N-ethyl adjacent to an activating group) is 1. The fraction of sp³-hybridized carbons (Fsp3) is 0.600. The van der Waals surface area contributed by atoms with E-state index in [1.54, 1.807) is 21.1 Å². The monoisotopic (exact) mass is 442 g/mol. The summed E-state index contributed by atoms with van der Waals surface area (Å²) in [5.41, 5.74) is 2.37. The molecule has 0 spiro atoms. The van der Waals surface area contributed by atoms with Gasteiger partial charge in [0.1, 0.15) is 6.04 Å². The molecule has 2 amide bonds. The second kappa shape index (κ2) is 10.5. The second-order valence-corrected chi connectivity index (χ2v) is 9.03. The van der Waals surface area contributed by atoms with Crippen molar-refractivity contribution in [2.45, 2.75) is 70.7 Å². The van der Waals surface area contributed by atoms with Gasteiger partial charge in [-0.15, -0.1) is 0 Å². The number of aromatic amines is 1. The van der Waals surface area contributed by atoms with E-state index < -0.39 is 18.2 Å². The number of amides is 2. The molecule has 0 unspecified atom stereocenters. The number of H-pyrrole nitrogens is 1. The predicted molar refractivity (Wildman–Crippen MR) is 128 cm³/mol. The van der Waals surface area contributed by atoms with Gasteiger partial charge in [0.2, 0.25) is 11.8 Å². The summed E-state index contributed by atoms with van der Waals surface area (Å²) in [4.78, 5) is 31.8. The Kier molecular flexibility index (Phi) is 7.96. The van der Waals surface area contributed by atoms with E-state index >= 15 is 0 Å². The van der Waals surface area contributed by atoms with Crippen molar-refractivity contribution in [1.82, 2.24) is 20.5 Å². The summed E-state index contributed by atoms with van der Waals surface area (Å²) in [6, 6.07) is 7.27. The molecule has 0 aliphatic carbocycles. The Morgan fingerprint density at radius 2 is 2.00 bits per heavy atom. The van der Waals surface area contributed by atoms with Crippen LogP contribution in [0.1, 0.15) is 52.0 Å². The van der Waals surface area contributed by atoms with Crippen molar-refractivity contribution >= 4 is 22.7 Å². The van der Waals surface area contributed by atoms with Crippen molar-refractivity contribution in [3.63, 3.8) is 0 Å². The Hall–Kier alpha value is -2.38. The summed E-state index contributed by atoms with van der Waals surface area (Å²) in [6.45, 7) is 8.71. The molecule has 3 rings (SSSR count). The summed E-state index contributed by atoms with van der Waals surface area (Å²) >= 11 is 0. The number of benzene rings is 1. The molecule has 32 heavy (non-hydrogen) atoms. The summed E-state index contributed by atoms with van der Waals surface area (Å²) in [7, 11) is 3.30. The van der Waals surface area contributed by atoms with Crippen molar-refractivity contribution in [3.8, 4) is 0 Å². The van der Waals surface area contributed by atoms with Crippen LogP contribution in [0.2, 0.25) is 0 Å². The average Bonchev–Trinajstić information content (AvgIpc) is 3.41. The highest BCUT2D eigenvalue weighted by molar-refractivity contribution is 5.90. The standard InChI is InChI=1S/C25H38N4O3/c1-7-18(20-14-27-21-11-9-8-10-19(20)21)23-15(2)12-13-29(23)25(31)22(17(4)32-6)28-24(30)16(3)26-5/h8-11,14-18,22-23,26-27H,7,12-13H2,1-6H3,(H,28,30)/t15-,16+,17-,18+,22+,23+/m1/s1. The molecule has 7 nitrogen and oxygen atoms in total. The SMILES string of the molecule is CC[C@@H](c1c[nH]c2ccccc12)[C@@H]1[C@H](C)CCN1C(=O)[C@@H](NC(=O)[C@H](C)NC)[C@@H](C)OC. The first-order chi connectivity index (χ1) is 15.3. The number of carbonyl (C=O) groups is 2. The highest BCUT2D eigenvalue weighted by Gasteiger charge is 2.43. The Balaban J connectivity index is 1.92. The van der Waals surface area contributed by atoms with Crippen LogP contribution >= 0.6 is 0 Å². The van der Waals surface area contributed by atoms with Gasteiger partial charge < -0.3 is 25.3 Å². The van der Waals surface area contributed by atoms with Gasteiger partial charge in [-0.2, -0.15) is 0 Å². The lowest BCUT2D eigenvalue weighted by Gasteiger charge is -2.37. The van der Waals surface area contributed by atoms with Gasteiger partial charge in [0.15, 0.2) is 0 Å². The van der Waals surface area contributed by atoms with Gasteiger partial charge in [-0.25, -0.2) is 0 Å². The third-order valence-corrected chi connectivity index (χ3v) is 7.16. The number of fused-ring (bicyclic) bond motifs is 1. The Morgan fingerprint density at radius 3 is 2.66 bits per heavy atom. The predicted octanol–water partition coefficient (Wildman–Crippen LogP) is 3.03. The van der Waals surface area contributed by atoms with Crippen molar-refractivity contribution in [2.24, 2.45) is 5.92 Å². The lowest BCUT2D eigenvalue weighted by Crippen LogP contribution is -2.58. The number of rotatable bonds is 9. The first-order valence-electron chi connectivity index (χ1n) is 11.7. The summed E-state index contributed by atoms with van der Waals surface area (Å²) < 4.78 is 5.50.